The second-order valence-corrected chi connectivity index (χ2v) is 11.5. The van der Waals surface area contributed by atoms with Gasteiger partial charge >= 0.3 is 11.9 Å². The van der Waals surface area contributed by atoms with E-state index in [1.165, 1.54) is 70.6 Å². The highest BCUT2D eigenvalue weighted by molar-refractivity contribution is 5.79. The van der Waals surface area contributed by atoms with Crippen LogP contribution in [0.3, 0.4) is 0 Å². The molecule has 1 aliphatic rings. The molecule has 1 amide bonds. The monoisotopic (exact) mass is 523 g/mol. The van der Waals surface area contributed by atoms with Crippen LogP contribution in [0.5, 0.6) is 0 Å². The van der Waals surface area contributed by atoms with E-state index in [2.05, 4.69) is 19.2 Å². The molecule has 37 heavy (non-hydrogen) atoms. The van der Waals surface area contributed by atoms with Crippen molar-refractivity contribution >= 4 is 18.3 Å². The molecule has 0 radical (unpaired) electrons. The molecule has 1 rings (SSSR count). The van der Waals surface area contributed by atoms with Crippen LogP contribution in [0.15, 0.2) is 0 Å². The van der Waals surface area contributed by atoms with E-state index in [0.717, 1.165) is 38.5 Å². The third-order valence-electron chi connectivity index (χ3n) is 7.56. The average molecular weight is 524 g/mol. The predicted molar refractivity (Wildman–Crippen MR) is 150 cm³/mol. The first-order valence-corrected chi connectivity index (χ1v) is 15.5. The van der Waals surface area contributed by atoms with Crippen molar-refractivity contribution in [3.8, 4) is 0 Å². The molecule has 216 valence electrons. The standard InChI is InChI=1S/C31H57NO5/c1-5-7-9-11-12-13-14-15-16-17-18-20-26(36-31(35)28(32-24-33)22-25(3)4)23-29-27(30(34)37-29)21-19-10-8-6-2/h24-29H,5-23H2,1-4H3,(H,32,33)/t26-,27-,28+,29-/m0/s1. The van der Waals surface area contributed by atoms with Gasteiger partial charge in [-0.05, 0) is 31.6 Å². The molecule has 0 aromatic heterocycles. The van der Waals surface area contributed by atoms with Crippen LogP contribution in [0.1, 0.15) is 150 Å². The number of amides is 1. The maximum atomic E-state index is 12.9. The third-order valence-corrected chi connectivity index (χ3v) is 7.56. The lowest BCUT2D eigenvalue weighted by Gasteiger charge is -2.37. The molecule has 0 bridgehead atoms. The molecule has 0 aromatic rings. The molecular formula is C31H57NO5. The van der Waals surface area contributed by atoms with Crippen LogP contribution < -0.4 is 5.32 Å². The smallest absolute Gasteiger partial charge is 0.328 e. The Morgan fingerprint density at radius 2 is 1.43 bits per heavy atom. The van der Waals surface area contributed by atoms with E-state index in [4.69, 9.17) is 9.47 Å². The number of cyclic esters (lactones) is 1. The highest BCUT2D eigenvalue weighted by atomic mass is 16.6. The number of esters is 2. The molecular weight excluding hydrogens is 466 g/mol. The normalized spacial score (nSPS) is 18.7. The van der Waals surface area contributed by atoms with Crippen molar-refractivity contribution in [2.75, 3.05) is 0 Å². The number of ether oxygens (including phenoxy) is 2. The second kappa shape index (κ2) is 21.4. The van der Waals surface area contributed by atoms with E-state index < -0.39 is 6.04 Å². The maximum absolute atomic E-state index is 12.9. The first-order chi connectivity index (χ1) is 17.9. The Hall–Kier alpha value is -1.59. The highest BCUT2D eigenvalue weighted by Crippen LogP contribution is 2.32. The molecule has 6 nitrogen and oxygen atoms in total. The number of rotatable bonds is 25. The van der Waals surface area contributed by atoms with Crippen LogP contribution in [0, 0.1) is 11.8 Å². The Labute approximate surface area is 227 Å². The van der Waals surface area contributed by atoms with Crippen molar-refractivity contribution < 1.29 is 23.9 Å². The summed E-state index contributed by atoms with van der Waals surface area (Å²) in [6.45, 7) is 8.47. The topological polar surface area (TPSA) is 81.7 Å². The Kier molecular flexibility index (Phi) is 19.3. The lowest BCUT2D eigenvalue weighted by atomic mass is 9.86. The minimum atomic E-state index is -0.633. The summed E-state index contributed by atoms with van der Waals surface area (Å²) in [6, 6.07) is -0.633. The van der Waals surface area contributed by atoms with E-state index in [-0.39, 0.29) is 36.0 Å². The van der Waals surface area contributed by atoms with Crippen molar-refractivity contribution in [1.82, 2.24) is 5.32 Å². The largest absolute Gasteiger partial charge is 0.461 e. The van der Waals surface area contributed by atoms with Crippen LogP contribution in [0.4, 0.5) is 0 Å². The van der Waals surface area contributed by atoms with E-state index >= 15 is 0 Å². The fourth-order valence-electron chi connectivity index (χ4n) is 5.26. The molecule has 0 saturated carbocycles. The summed E-state index contributed by atoms with van der Waals surface area (Å²) in [5.74, 6) is -0.300. The molecule has 0 aromatic carbocycles. The first kappa shape index (κ1) is 33.4. The van der Waals surface area contributed by atoms with Gasteiger partial charge in [0, 0.05) is 6.42 Å². The summed E-state index contributed by atoms with van der Waals surface area (Å²) < 4.78 is 11.4. The van der Waals surface area contributed by atoms with Gasteiger partial charge in [-0.15, -0.1) is 0 Å². The second-order valence-electron chi connectivity index (χ2n) is 11.5. The Bertz CT molecular complexity index is 608. The van der Waals surface area contributed by atoms with E-state index in [9.17, 15) is 14.4 Å². The summed E-state index contributed by atoms with van der Waals surface area (Å²) in [5.41, 5.74) is 0. The Morgan fingerprint density at radius 3 is 1.95 bits per heavy atom. The summed E-state index contributed by atoms with van der Waals surface area (Å²) in [5, 5.41) is 2.63. The fourth-order valence-corrected chi connectivity index (χ4v) is 5.26. The van der Waals surface area contributed by atoms with Gasteiger partial charge in [-0.3, -0.25) is 9.59 Å². The molecule has 1 saturated heterocycles. The number of hydrogen-bond donors (Lipinski definition) is 1. The van der Waals surface area contributed by atoms with Gasteiger partial charge in [0.1, 0.15) is 18.2 Å². The van der Waals surface area contributed by atoms with Gasteiger partial charge in [0.25, 0.3) is 0 Å². The minimum absolute atomic E-state index is 0.0741. The number of nitrogens with one attached hydrogen (secondary N) is 1. The van der Waals surface area contributed by atoms with Gasteiger partial charge in [0.2, 0.25) is 6.41 Å². The molecule has 6 heteroatoms. The molecule has 4 atom stereocenters. The third kappa shape index (κ3) is 15.4. The van der Waals surface area contributed by atoms with Gasteiger partial charge in [-0.1, -0.05) is 118 Å². The van der Waals surface area contributed by atoms with Crippen LogP contribution >= 0.6 is 0 Å². The lowest BCUT2D eigenvalue weighted by Crippen LogP contribution is -2.48. The van der Waals surface area contributed by atoms with Gasteiger partial charge in [0.05, 0.1) is 5.92 Å². The van der Waals surface area contributed by atoms with Gasteiger partial charge in [-0.2, -0.15) is 0 Å². The molecule has 0 unspecified atom stereocenters. The summed E-state index contributed by atoms with van der Waals surface area (Å²) in [4.78, 5) is 36.1. The Balaban J connectivity index is 2.52. The van der Waals surface area contributed by atoms with E-state index in [1.807, 2.05) is 13.8 Å². The van der Waals surface area contributed by atoms with Crippen LogP contribution in [0.25, 0.3) is 0 Å². The highest BCUT2D eigenvalue weighted by Gasteiger charge is 2.43. The van der Waals surface area contributed by atoms with Crippen LogP contribution in [0.2, 0.25) is 0 Å². The van der Waals surface area contributed by atoms with E-state index in [1.54, 1.807) is 0 Å². The zero-order chi connectivity index (χ0) is 27.3. The van der Waals surface area contributed by atoms with Crippen molar-refractivity contribution in [3.05, 3.63) is 0 Å². The molecule has 0 spiro atoms. The zero-order valence-corrected chi connectivity index (χ0v) is 24.4. The van der Waals surface area contributed by atoms with Crippen molar-refractivity contribution in [3.63, 3.8) is 0 Å². The average Bonchev–Trinajstić information content (AvgIpc) is 2.86. The lowest BCUT2D eigenvalue weighted by molar-refractivity contribution is -0.190. The fraction of sp³-hybridized carbons (Fsp3) is 0.903. The molecule has 0 aliphatic carbocycles. The van der Waals surface area contributed by atoms with Gasteiger partial charge in [0.15, 0.2) is 0 Å². The zero-order valence-electron chi connectivity index (χ0n) is 24.4. The quantitative estimate of drug-likeness (QED) is 0.0754. The number of unbranched alkanes of at least 4 members (excludes halogenated alkanes) is 13. The minimum Gasteiger partial charge on any atom is -0.461 e. The summed E-state index contributed by atoms with van der Waals surface area (Å²) in [7, 11) is 0. The number of carbonyl (C=O) groups excluding carboxylic acids is 3. The summed E-state index contributed by atoms with van der Waals surface area (Å²) in [6.07, 6.45) is 21.3. The molecule has 1 heterocycles. The van der Waals surface area contributed by atoms with Crippen molar-refractivity contribution in [2.24, 2.45) is 11.8 Å². The molecule has 1 aliphatic heterocycles. The predicted octanol–water partition coefficient (Wildman–Crippen LogP) is 7.66. The van der Waals surface area contributed by atoms with E-state index in [0.29, 0.717) is 19.3 Å². The molecule has 1 fully saturated rings. The van der Waals surface area contributed by atoms with Crippen molar-refractivity contribution in [2.45, 2.75) is 168 Å². The van der Waals surface area contributed by atoms with Crippen LogP contribution in [-0.2, 0) is 23.9 Å². The SMILES string of the molecule is CCCCCCCCCCCCC[C@@H](C[C@@H]1OC(=O)[C@H]1CCCCCC)OC(=O)[C@@H](CC(C)C)NC=O. The van der Waals surface area contributed by atoms with Crippen molar-refractivity contribution in [1.29, 1.82) is 0 Å². The maximum Gasteiger partial charge on any atom is 0.328 e. The Morgan fingerprint density at radius 1 is 0.892 bits per heavy atom. The molecule has 1 N–H and O–H groups in total. The number of carbonyl (C=O) groups is 3. The van der Waals surface area contributed by atoms with Gasteiger partial charge in [-0.25, -0.2) is 4.79 Å². The van der Waals surface area contributed by atoms with Gasteiger partial charge < -0.3 is 14.8 Å². The summed E-state index contributed by atoms with van der Waals surface area (Å²) >= 11 is 0. The van der Waals surface area contributed by atoms with Crippen LogP contribution in [-0.4, -0.2) is 36.6 Å². The number of hydrogen-bond acceptors (Lipinski definition) is 5. The first-order valence-electron chi connectivity index (χ1n) is 15.5.